The van der Waals surface area contributed by atoms with E-state index in [1.54, 1.807) is 0 Å². The molecule has 6 N–H and O–H groups in total. The number of nitrogen functional groups attached to an aromatic ring is 1. The first-order chi connectivity index (χ1) is 16.6. The van der Waals surface area contributed by atoms with Crippen LogP contribution in [0.25, 0.3) is 0 Å². The summed E-state index contributed by atoms with van der Waals surface area (Å²) in [6.07, 6.45) is 0. The zero-order chi connectivity index (χ0) is 25.4. The molecule has 4 heterocycles. The Morgan fingerprint density at radius 2 is 2.11 bits per heavy atom. The van der Waals surface area contributed by atoms with Gasteiger partial charge >= 0.3 is 41.4 Å². The Morgan fingerprint density at radius 1 is 1.39 bits per heavy atom. The molecular formula is C17H17N8NaO7S3. The predicted octanol–water partition coefficient (Wildman–Crippen LogP) is -6.58. The number of aliphatic carboxylic acids is 1. The maximum Gasteiger partial charge on any atom is 1.00 e. The van der Waals surface area contributed by atoms with E-state index in [2.05, 4.69) is 26.2 Å². The number of oxime groups is 1. The number of thiazole rings is 1. The molecule has 4 amide bonds. The van der Waals surface area contributed by atoms with Crippen LogP contribution < -0.4 is 56.5 Å². The van der Waals surface area contributed by atoms with Crippen molar-refractivity contribution in [1.82, 2.24) is 31.0 Å². The molecule has 19 heteroatoms. The fourth-order valence-electron chi connectivity index (χ4n) is 3.48. The summed E-state index contributed by atoms with van der Waals surface area (Å²) in [5, 5.41) is 31.2. The van der Waals surface area contributed by atoms with Gasteiger partial charge in [0.1, 0.15) is 22.6 Å². The van der Waals surface area contributed by atoms with Gasteiger partial charge in [-0.1, -0.05) is 5.16 Å². The van der Waals surface area contributed by atoms with E-state index in [4.69, 9.17) is 5.73 Å². The zero-order valence-corrected chi connectivity index (χ0v) is 23.2. The topological polar surface area (TPSA) is 222 Å². The number of carbonyl (C=O) groups excluding carboxylic acids is 5. The Bertz CT molecular complexity index is 1190. The quantitative estimate of drug-likeness (QED) is 0.0521. The average Bonchev–Trinajstić information content (AvgIpc) is 3.24. The van der Waals surface area contributed by atoms with Crippen LogP contribution in [0.4, 0.5) is 5.13 Å². The van der Waals surface area contributed by atoms with Crippen LogP contribution in [0, 0.1) is 0 Å². The van der Waals surface area contributed by atoms with Crippen molar-refractivity contribution in [3.05, 3.63) is 22.3 Å². The number of hydrogen-bond acceptors (Lipinski definition) is 14. The molecule has 0 aliphatic carbocycles. The number of aromatic nitrogens is 1. The molecule has 186 valence electrons. The number of carboxylic acids is 1. The standard InChI is InChI=1S/C17H18N8O7S3.Na/c1-24-17(21-11(27)12(28)22-24)35-3-5-2-33-14-8(13(29)25(14)9(5)15(30)31)20-10(26)7(23-32)6-4-34-16(18)19-6;/h4,8,14,17,32H,2-3H2,1H3,(H2,18,19)(H,20,26)(H,21,27)(H,22,28)(H,30,31);/q;+1/p-1/b23-7+;/t8-,14-,17?;/m0./s1. The third-order valence-electron chi connectivity index (χ3n) is 5.11. The molecule has 0 spiro atoms. The minimum absolute atomic E-state index is 0. The number of rotatable bonds is 7. The van der Waals surface area contributed by atoms with Gasteiger partial charge in [0.15, 0.2) is 10.8 Å². The van der Waals surface area contributed by atoms with E-state index < -0.39 is 52.2 Å². The van der Waals surface area contributed by atoms with Crippen LogP contribution in [-0.2, 0) is 24.0 Å². The van der Waals surface area contributed by atoms with Gasteiger partial charge in [-0.05, 0) is 5.57 Å². The number of nitrogens with two attached hydrogens (primary N) is 1. The van der Waals surface area contributed by atoms with Crippen molar-refractivity contribution in [2.24, 2.45) is 5.16 Å². The van der Waals surface area contributed by atoms with Gasteiger partial charge in [0.25, 0.3) is 11.8 Å². The first-order valence-corrected chi connectivity index (χ1v) is 12.7. The van der Waals surface area contributed by atoms with Crippen molar-refractivity contribution in [3.63, 3.8) is 0 Å². The van der Waals surface area contributed by atoms with Gasteiger partial charge < -0.3 is 31.5 Å². The second-order valence-corrected chi connectivity index (χ2v) is 10.4. The van der Waals surface area contributed by atoms with Crippen LogP contribution in [0.15, 0.2) is 21.8 Å². The molecule has 0 aromatic carbocycles. The smallest absolute Gasteiger partial charge is 0.543 e. The normalized spacial score (nSPS) is 24.2. The summed E-state index contributed by atoms with van der Waals surface area (Å²) in [5.74, 6) is -4.44. The number of nitrogens with zero attached hydrogens (tertiary/aromatic N) is 4. The van der Waals surface area contributed by atoms with Crippen LogP contribution >= 0.6 is 34.9 Å². The number of nitrogens with one attached hydrogen (secondary N) is 3. The van der Waals surface area contributed by atoms with Gasteiger partial charge in [-0.15, -0.1) is 34.9 Å². The second-order valence-electron chi connectivity index (χ2n) is 7.31. The zero-order valence-electron chi connectivity index (χ0n) is 18.7. The predicted molar refractivity (Wildman–Crippen MR) is 122 cm³/mol. The first kappa shape index (κ1) is 28.2. The van der Waals surface area contributed by atoms with Gasteiger partial charge in [0.2, 0.25) is 0 Å². The maximum atomic E-state index is 12.8. The van der Waals surface area contributed by atoms with E-state index in [0.717, 1.165) is 28.0 Å². The van der Waals surface area contributed by atoms with Crippen LogP contribution in [-0.4, -0.2) is 90.9 Å². The molecule has 4 rings (SSSR count). The number of carboxylic acid groups (broad SMARTS) is 1. The summed E-state index contributed by atoms with van der Waals surface area (Å²) in [7, 11) is 1.53. The van der Waals surface area contributed by atoms with Crippen molar-refractivity contribution >= 4 is 75.3 Å². The summed E-state index contributed by atoms with van der Waals surface area (Å²) < 4.78 is 0. The fraction of sp³-hybridized carbons (Fsp3) is 0.353. The maximum absolute atomic E-state index is 12.8. The number of carbonyl (C=O) groups is 5. The first-order valence-electron chi connectivity index (χ1n) is 9.70. The van der Waals surface area contributed by atoms with Gasteiger partial charge in [-0.25, -0.2) is 4.98 Å². The Morgan fingerprint density at radius 3 is 2.72 bits per heavy atom. The van der Waals surface area contributed by atoms with Crippen LogP contribution in [0.3, 0.4) is 0 Å². The van der Waals surface area contributed by atoms with Crippen LogP contribution in [0.5, 0.6) is 0 Å². The largest absolute Gasteiger partial charge is 1.00 e. The van der Waals surface area contributed by atoms with Crippen LogP contribution in [0.1, 0.15) is 5.69 Å². The summed E-state index contributed by atoms with van der Waals surface area (Å²) in [6.45, 7) is 0. The number of thioether (sulfide) groups is 2. The van der Waals surface area contributed by atoms with Gasteiger partial charge in [-0.2, -0.15) is 5.01 Å². The summed E-state index contributed by atoms with van der Waals surface area (Å²) >= 11 is 3.39. The molecule has 2 saturated heterocycles. The minimum Gasteiger partial charge on any atom is -0.543 e. The summed E-state index contributed by atoms with van der Waals surface area (Å²) in [4.78, 5) is 65.2. The fourth-order valence-corrected chi connectivity index (χ4v) is 6.57. The molecule has 15 nitrogen and oxygen atoms in total. The van der Waals surface area contributed by atoms with Crippen molar-refractivity contribution in [3.8, 4) is 0 Å². The number of amides is 4. The molecule has 1 aromatic rings. The molecule has 0 bridgehead atoms. The van der Waals surface area contributed by atoms with Gasteiger partial charge in [0, 0.05) is 23.9 Å². The molecule has 2 fully saturated rings. The molecule has 1 unspecified atom stereocenters. The SMILES string of the molecule is CN1NC(=O)C(=O)NC1SCC1=C(C(=O)[O-])N2C(=O)[C@H](NC(=O)/C(=N/O)c3csc(N)n3)[C@@H]2SC1.[Na+]. The van der Waals surface area contributed by atoms with E-state index in [1.807, 2.05) is 0 Å². The van der Waals surface area contributed by atoms with Crippen molar-refractivity contribution in [1.29, 1.82) is 0 Å². The molecule has 3 aliphatic heterocycles. The Kier molecular flexibility index (Phi) is 8.91. The molecule has 1 aromatic heterocycles. The third kappa shape index (κ3) is 5.34. The van der Waals surface area contributed by atoms with E-state index in [0.29, 0.717) is 5.57 Å². The summed E-state index contributed by atoms with van der Waals surface area (Å²) in [5.41, 5.74) is 6.88. The third-order valence-corrected chi connectivity index (χ3v) is 8.39. The molecule has 3 atom stereocenters. The number of hydrogen-bond donors (Lipinski definition) is 5. The summed E-state index contributed by atoms with van der Waals surface area (Å²) in [6, 6.07) is -1.07. The Labute approximate surface area is 237 Å². The molecule has 0 saturated carbocycles. The van der Waals surface area contributed by atoms with E-state index >= 15 is 0 Å². The minimum atomic E-state index is -1.56. The van der Waals surface area contributed by atoms with Crippen molar-refractivity contribution < 1.29 is 63.8 Å². The van der Waals surface area contributed by atoms with Crippen molar-refractivity contribution in [2.45, 2.75) is 16.9 Å². The van der Waals surface area contributed by atoms with Gasteiger partial charge in [0.05, 0.1) is 11.7 Å². The van der Waals surface area contributed by atoms with E-state index in [-0.39, 0.29) is 57.6 Å². The molecule has 3 aliphatic rings. The molecule has 36 heavy (non-hydrogen) atoms. The number of anilines is 1. The Hall–Kier alpha value is -2.35. The molecular weight excluding hydrogens is 547 g/mol. The van der Waals surface area contributed by atoms with Gasteiger partial charge in [-0.3, -0.25) is 29.5 Å². The average molecular weight is 565 g/mol. The van der Waals surface area contributed by atoms with Crippen LogP contribution in [0.2, 0.25) is 0 Å². The monoisotopic (exact) mass is 564 g/mol. The molecule has 0 radical (unpaired) electrons. The number of fused-ring (bicyclic) bond motifs is 1. The van der Waals surface area contributed by atoms with E-state index in [9.17, 15) is 34.3 Å². The second kappa shape index (κ2) is 11.4. The van der Waals surface area contributed by atoms with Crippen molar-refractivity contribution in [2.75, 3.05) is 24.3 Å². The Balaban J connectivity index is 0.00000361. The van der Waals surface area contributed by atoms with E-state index in [1.165, 1.54) is 29.2 Å². The number of hydrazine groups is 1. The number of β-lactam (4-membered cyclic amide) rings is 1.